The monoisotopic (exact) mass is 532 g/mol. The second-order valence-corrected chi connectivity index (χ2v) is 10.3. The van der Waals surface area contributed by atoms with Crippen LogP contribution in [-0.4, -0.2) is 24.8 Å². The van der Waals surface area contributed by atoms with Crippen LogP contribution in [0.25, 0.3) is 6.08 Å². The Hall–Kier alpha value is -3.95. The first kappa shape index (κ1) is 24.7. The molecule has 4 aromatic rings. The van der Waals surface area contributed by atoms with Gasteiger partial charge in [-0.2, -0.15) is 0 Å². The molecule has 0 fully saturated rings. The fraction of sp³-hybridized carbons (Fsp3) is 0.179. The number of rotatable bonds is 7. The third-order valence-electron chi connectivity index (χ3n) is 5.96. The number of fused-ring (bicyclic) bond motifs is 1. The summed E-state index contributed by atoms with van der Waals surface area (Å²) < 4.78 is 18.6. The van der Waals surface area contributed by atoms with Crippen molar-refractivity contribution >= 4 is 34.7 Å². The molecule has 188 valence electrons. The van der Waals surface area contributed by atoms with Crippen LogP contribution in [0.5, 0.6) is 11.5 Å². The maximum atomic E-state index is 13.6. The van der Waals surface area contributed by atoms with E-state index in [0.29, 0.717) is 38.7 Å². The minimum atomic E-state index is -0.589. The van der Waals surface area contributed by atoms with E-state index in [2.05, 4.69) is 4.99 Å². The van der Waals surface area contributed by atoms with Crippen molar-refractivity contribution in [2.75, 3.05) is 14.2 Å². The van der Waals surface area contributed by atoms with Gasteiger partial charge in [-0.1, -0.05) is 53.8 Å². The van der Waals surface area contributed by atoms with Gasteiger partial charge in [0.05, 0.1) is 30.0 Å². The minimum absolute atomic E-state index is 0.223. The highest BCUT2D eigenvalue weighted by Crippen LogP contribution is 2.33. The summed E-state index contributed by atoms with van der Waals surface area (Å²) in [6.45, 7) is 2.18. The molecule has 1 aliphatic heterocycles. The van der Waals surface area contributed by atoms with Crippen molar-refractivity contribution in [3.8, 4) is 11.5 Å². The summed E-state index contributed by atoms with van der Waals surface area (Å²) >= 11 is 2.76. The maximum absolute atomic E-state index is 13.6. The van der Waals surface area contributed by atoms with Gasteiger partial charge in [-0.25, -0.2) is 9.79 Å². The van der Waals surface area contributed by atoms with E-state index >= 15 is 0 Å². The lowest BCUT2D eigenvalue weighted by Gasteiger charge is -2.22. The second-order valence-electron chi connectivity index (χ2n) is 8.27. The van der Waals surface area contributed by atoms with Gasteiger partial charge < -0.3 is 14.2 Å². The number of hydrogen-bond acceptors (Lipinski definition) is 8. The van der Waals surface area contributed by atoms with Gasteiger partial charge in [0.15, 0.2) is 16.3 Å². The van der Waals surface area contributed by atoms with Crippen LogP contribution in [0, 0.1) is 0 Å². The number of methoxy groups -OCH3 is 2. The van der Waals surface area contributed by atoms with E-state index in [0.717, 1.165) is 16.0 Å². The number of aromatic nitrogens is 1. The molecule has 0 spiro atoms. The van der Waals surface area contributed by atoms with E-state index in [1.54, 1.807) is 24.7 Å². The van der Waals surface area contributed by atoms with Gasteiger partial charge in [-0.3, -0.25) is 9.36 Å². The molecule has 0 amide bonds. The Morgan fingerprint density at radius 1 is 1.08 bits per heavy atom. The number of hydrogen-bond donors (Lipinski definition) is 0. The molecule has 37 heavy (non-hydrogen) atoms. The van der Waals surface area contributed by atoms with Crippen LogP contribution in [0.4, 0.5) is 0 Å². The number of carbonyl (C=O) groups excluding carboxylic acids is 1. The van der Waals surface area contributed by atoms with E-state index in [1.165, 1.54) is 29.8 Å². The van der Waals surface area contributed by atoms with Gasteiger partial charge in [0.25, 0.3) is 5.56 Å². The third-order valence-corrected chi connectivity index (χ3v) is 7.87. The standard InChI is InChI=1S/C28H24N2O5S2/c1-17-24(27(32)34-3)25(22-10-7-13-36-22)30-26(31)23(37-28(30)29-17)15-19-11-12-20(21(14-19)33-2)35-16-18-8-5-4-6-9-18/h4-15,25H,16H2,1-3H3/b23-15+/t25-/m1/s1. The zero-order chi connectivity index (χ0) is 25.9. The van der Waals surface area contributed by atoms with E-state index < -0.39 is 12.0 Å². The Morgan fingerprint density at radius 2 is 1.89 bits per heavy atom. The molecular weight excluding hydrogens is 508 g/mol. The smallest absolute Gasteiger partial charge is 0.338 e. The van der Waals surface area contributed by atoms with Gasteiger partial charge in [-0.05, 0) is 47.7 Å². The molecule has 2 aromatic heterocycles. The summed E-state index contributed by atoms with van der Waals surface area (Å²) in [6, 6.07) is 18.6. The van der Waals surface area contributed by atoms with Crippen molar-refractivity contribution in [1.82, 2.24) is 4.57 Å². The Labute approximate surface area is 221 Å². The zero-order valence-electron chi connectivity index (χ0n) is 20.5. The Balaban J connectivity index is 1.53. The summed E-state index contributed by atoms with van der Waals surface area (Å²) in [7, 11) is 2.92. The molecule has 0 radical (unpaired) electrons. The van der Waals surface area contributed by atoms with Crippen LogP contribution < -0.4 is 24.4 Å². The molecule has 9 heteroatoms. The first-order chi connectivity index (χ1) is 18.0. The predicted molar refractivity (Wildman–Crippen MR) is 144 cm³/mol. The molecule has 1 aliphatic rings. The molecule has 2 aromatic carbocycles. The van der Waals surface area contributed by atoms with Gasteiger partial charge in [0, 0.05) is 4.88 Å². The number of thiazole rings is 1. The summed E-state index contributed by atoms with van der Waals surface area (Å²) in [4.78, 5) is 32.3. The van der Waals surface area contributed by atoms with Crippen LogP contribution in [0.3, 0.4) is 0 Å². The molecule has 7 nitrogen and oxygen atoms in total. The lowest BCUT2D eigenvalue weighted by atomic mass is 10.0. The predicted octanol–water partition coefficient (Wildman–Crippen LogP) is 4.06. The van der Waals surface area contributed by atoms with Crippen molar-refractivity contribution in [2.45, 2.75) is 19.6 Å². The highest BCUT2D eigenvalue weighted by Gasteiger charge is 2.33. The Bertz CT molecular complexity index is 1650. The van der Waals surface area contributed by atoms with E-state index in [1.807, 2.05) is 66.0 Å². The minimum Gasteiger partial charge on any atom is -0.493 e. The number of carbonyl (C=O) groups is 1. The fourth-order valence-electron chi connectivity index (χ4n) is 4.19. The molecular formula is C28H24N2O5S2. The Kier molecular flexibility index (Phi) is 7.07. The van der Waals surface area contributed by atoms with Crippen molar-refractivity contribution in [3.05, 3.63) is 113 Å². The normalized spacial score (nSPS) is 15.2. The molecule has 3 heterocycles. The van der Waals surface area contributed by atoms with E-state index in [4.69, 9.17) is 14.2 Å². The summed E-state index contributed by atoms with van der Waals surface area (Å²) in [5, 5.41) is 1.92. The van der Waals surface area contributed by atoms with Crippen molar-refractivity contribution in [3.63, 3.8) is 0 Å². The number of allylic oxidation sites excluding steroid dienone is 1. The van der Waals surface area contributed by atoms with Crippen molar-refractivity contribution in [1.29, 1.82) is 0 Å². The van der Waals surface area contributed by atoms with Crippen molar-refractivity contribution < 1.29 is 19.0 Å². The van der Waals surface area contributed by atoms with Crippen LogP contribution in [0.2, 0.25) is 0 Å². The third kappa shape index (κ3) is 4.87. The lowest BCUT2D eigenvalue weighted by Crippen LogP contribution is -2.39. The van der Waals surface area contributed by atoms with Crippen LogP contribution >= 0.6 is 22.7 Å². The van der Waals surface area contributed by atoms with Crippen LogP contribution in [0.15, 0.2) is 87.1 Å². The first-order valence-electron chi connectivity index (χ1n) is 11.5. The van der Waals surface area contributed by atoms with Gasteiger partial charge >= 0.3 is 5.97 Å². The molecule has 0 aliphatic carbocycles. The quantitative estimate of drug-likeness (QED) is 0.336. The number of esters is 1. The molecule has 0 saturated heterocycles. The van der Waals surface area contributed by atoms with E-state index in [9.17, 15) is 9.59 Å². The molecule has 0 unspecified atom stereocenters. The van der Waals surface area contributed by atoms with Gasteiger partial charge in [0.2, 0.25) is 0 Å². The SMILES string of the molecule is COC(=O)C1=C(C)N=c2s/c(=C/c3ccc(OCc4ccccc4)c(OC)c3)c(=O)n2[C@@H]1c1cccs1. The number of ether oxygens (including phenoxy) is 3. The number of nitrogens with zero attached hydrogens (tertiary/aromatic N) is 2. The largest absolute Gasteiger partial charge is 0.493 e. The topological polar surface area (TPSA) is 79.1 Å². The summed E-state index contributed by atoms with van der Waals surface area (Å²) in [5.41, 5.74) is 2.52. The van der Waals surface area contributed by atoms with E-state index in [-0.39, 0.29) is 5.56 Å². The number of benzene rings is 2. The van der Waals surface area contributed by atoms with Crippen molar-refractivity contribution in [2.24, 2.45) is 4.99 Å². The maximum Gasteiger partial charge on any atom is 0.338 e. The van der Waals surface area contributed by atoms with Gasteiger partial charge in [0.1, 0.15) is 12.6 Å². The molecule has 5 rings (SSSR count). The molecule has 0 N–H and O–H groups in total. The highest BCUT2D eigenvalue weighted by molar-refractivity contribution is 7.10. The summed E-state index contributed by atoms with van der Waals surface area (Å²) in [6.07, 6.45) is 1.80. The van der Waals surface area contributed by atoms with Crippen LogP contribution in [0.1, 0.15) is 29.0 Å². The molecule has 0 saturated carbocycles. The highest BCUT2D eigenvalue weighted by atomic mass is 32.1. The first-order valence-corrected chi connectivity index (χ1v) is 13.2. The summed E-state index contributed by atoms with van der Waals surface area (Å²) in [5.74, 6) is 0.684. The fourth-order valence-corrected chi connectivity index (χ4v) is 6.06. The van der Waals surface area contributed by atoms with Gasteiger partial charge in [-0.15, -0.1) is 11.3 Å². The molecule has 0 bridgehead atoms. The van der Waals surface area contributed by atoms with Crippen LogP contribution in [-0.2, 0) is 16.1 Å². The lowest BCUT2D eigenvalue weighted by molar-refractivity contribution is -0.136. The molecule has 1 atom stereocenters. The average Bonchev–Trinajstić information content (AvgIpc) is 3.55. The number of thiophene rings is 1. The average molecular weight is 533 g/mol. The Morgan fingerprint density at radius 3 is 2.59 bits per heavy atom. The zero-order valence-corrected chi connectivity index (χ0v) is 22.1. The second kappa shape index (κ2) is 10.6.